The molecule has 1 amide bonds. The van der Waals surface area contributed by atoms with Crippen LogP contribution in [0.15, 0.2) is 78.5 Å². The van der Waals surface area contributed by atoms with Crippen molar-refractivity contribution in [1.29, 1.82) is 0 Å². The summed E-state index contributed by atoms with van der Waals surface area (Å²) in [5, 5.41) is 21.1. The lowest BCUT2D eigenvalue weighted by molar-refractivity contribution is -0.138. The zero-order valence-corrected chi connectivity index (χ0v) is 29.1. The van der Waals surface area contributed by atoms with E-state index in [1.807, 2.05) is 38.1 Å². The molecule has 4 rings (SSSR count). The molecule has 0 bridgehead atoms. The van der Waals surface area contributed by atoms with E-state index in [0.29, 0.717) is 60.0 Å². The third-order valence-corrected chi connectivity index (χ3v) is 8.21. The molecule has 2 aromatic rings. The minimum Gasteiger partial charge on any atom is -0.494 e. The number of carboxylic acids is 2. The van der Waals surface area contributed by atoms with Crippen LogP contribution in [0, 0.1) is 0 Å². The molecule has 1 aliphatic carbocycles. The maximum Gasteiger partial charge on any atom is 0.303 e. The molecule has 0 fully saturated rings. The van der Waals surface area contributed by atoms with Crippen LogP contribution in [0.25, 0.3) is 5.76 Å². The molecular formula is C40H49NO9. The van der Waals surface area contributed by atoms with Crippen LogP contribution >= 0.6 is 0 Å². The van der Waals surface area contributed by atoms with Crippen molar-refractivity contribution in [2.45, 2.75) is 96.9 Å². The van der Waals surface area contributed by atoms with Crippen molar-refractivity contribution in [3.05, 3.63) is 101 Å². The number of benzene rings is 2. The number of ether oxygens (including phenoxy) is 4. The smallest absolute Gasteiger partial charge is 0.303 e. The summed E-state index contributed by atoms with van der Waals surface area (Å²) in [6.45, 7) is 4.56. The van der Waals surface area contributed by atoms with Gasteiger partial charge in [-0.15, -0.1) is 0 Å². The Bertz CT molecular complexity index is 1600. The van der Waals surface area contributed by atoms with Gasteiger partial charge in [0.2, 0.25) is 0 Å². The highest BCUT2D eigenvalue weighted by atomic mass is 16.5. The number of aryl methyl sites for hydroxylation is 1. The van der Waals surface area contributed by atoms with Crippen LogP contribution in [-0.4, -0.2) is 47.3 Å². The molecule has 268 valence electrons. The van der Waals surface area contributed by atoms with Crippen LogP contribution in [0.1, 0.15) is 105 Å². The second-order valence-electron chi connectivity index (χ2n) is 12.8. The molecule has 2 aromatic carbocycles. The minimum absolute atomic E-state index is 0.00767. The highest BCUT2D eigenvalue weighted by Gasteiger charge is 2.19. The Balaban J connectivity index is 1.31. The number of amides is 1. The van der Waals surface area contributed by atoms with Crippen molar-refractivity contribution >= 4 is 23.6 Å². The van der Waals surface area contributed by atoms with Gasteiger partial charge in [-0.25, -0.2) is 0 Å². The van der Waals surface area contributed by atoms with E-state index in [4.69, 9.17) is 24.1 Å². The molecule has 0 unspecified atom stereocenters. The minimum atomic E-state index is -0.877. The SMILES string of the molecule is CC(C)NC(=O)c1cc(OCCCCCCc2cccc(OCCCC(=O)O)c2CCC(=O)O)cc(C2=COC=C(CC3=CC=CCC3)O2)c1. The number of hydrogen-bond donors (Lipinski definition) is 3. The molecule has 3 N–H and O–H groups in total. The third kappa shape index (κ3) is 12.8. The van der Waals surface area contributed by atoms with Gasteiger partial charge in [-0.1, -0.05) is 48.8 Å². The first-order valence-corrected chi connectivity index (χ1v) is 17.5. The number of carbonyl (C=O) groups is 3. The summed E-state index contributed by atoms with van der Waals surface area (Å²) >= 11 is 0. The van der Waals surface area contributed by atoms with Gasteiger partial charge in [-0.3, -0.25) is 14.4 Å². The van der Waals surface area contributed by atoms with Crippen molar-refractivity contribution < 1.29 is 43.5 Å². The first kappa shape index (κ1) is 37.8. The van der Waals surface area contributed by atoms with Gasteiger partial charge in [0.25, 0.3) is 5.91 Å². The number of nitrogens with one attached hydrogen (secondary N) is 1. The van der Waals surface area contributed by atoms with Crippen LogP contribution in [0.5, 0.6) is 11.5 Å². The maximum atomic E-state index is 13.0. The summed E-state index contributed by atoms with van der Waals surface area (Å²) < 4.78 is 23.9. The van der Waals surface area contributed by atoms with E-state index in [-0.39, 0.29) is 31.4 Å². The largest absolute Gasteiger partial charge is 0.494 e. The number of carboxylic acid groups (broad SMARTS) is 2. The van der Waals surface area contributed by atoms with E-state index in [2.05, 4.69) is 23.5 Å². The maximum absolute atomic E-state index is 13.0. The summed E-state index contributed by atoms with van der Waals surface area (Å²) in [4.78, 5) is 35.2. The van der Waals surface area contributed by atoms with Gasteiger partial charge >= 0.3 is 11.9 Å². The third-order valence-electron chi connectivity index (χ3n) is 8.21. The normalized spacial score (nSPS) is 13.8. The van der Waals surface area contributed by atoms with Crippen molar-refractivity contribution in [1.82, 2.24) is 5.32 Å². The standard InChI is InChI=1S/C40H49NO9/c1-28(2)41-40(46)32-23-31(37-27-47-26-34(50-37)22-29-12-6-5-7-13-29)24-33(25-32)48-20-9-4-3-8-14-30-15-10-16-36(35(30)18-19-39(44)45)49-21-11-17-38(42)43/h5-6,10,12,15-16,23-28H,3-4,7-9,11,13-14,17-22H2,1-2H3,(H,41,46)(H,42,43)(H,44,45). The second kappa shape index (κ2) is 19.9. The summed E-state index contributed by atoms with van der Waals surface area (Å²) in [6, 6.07) is 11.1. The number of hydrogen-bond acceptors (Lipinski definition) is 7. The average Bonchev–Trinajstić information content (AvgIpc) is 3.09. The predicted octanol–water partition coefficient (Wildman–Crippen LogP) is 8.12. The predicted molar refractivity (Wildman–Crippen MR) is 191 cm³/mol. The van der Waals surface area contributed by atoms with Gasteiger partial charge in [0.15, 0.2) is 5.76 Å². The van der Waals surface area contributed by atoms with Crippen LogP contribution < -0.4 is 14.8 Å². The molecule has 1 heterocycles. The molecule has 0 aromatic heterocycles. The number of aliphatic carboxylic acids is 2. The molecule has 10 heteroatoms. The molecule has 10 nitrogen and oxygen atoms in total. The van der Waals surface area contributed by atoms with Crippen molar-refractivity contribution in [2.75, 3.05) is 13.2 Å². The molecule has 0 radical (unpaired) electrons. The summed E-state index contributed by atoms with van der Waals surface area (Å²) in [5.74, 6) is 0.456. The average molecular weight is 688 g/mol. The Morgan fingerprint density at radius 1 is 0.900 bits per heavy atom. The lowest BCUT2D eigenvalue weighted by atomic mass is 9.97. The van der Waals surface area contributed by atoms with Gasteiger partial charge in [0.1, 0.15) is 29.8 Å². The number of carbonyl (C=O) groups excluding carboxylic acids is 1. The van der Waals surface area contributed by atoms with E-state index < -0.39 is 11.9 Å². The van der Waals surface area contributed by atoms with Crippen molar-refractivity contribution in [3.63, 3.8) is 0 Å². The Kier molecular flexibility index (Phi) is 15.0. The topological polar surface area (TPSA) is 141 Å². The van der Waals surface area contributed by atoms with E-state index >= 15 is 0 Å². The highest BCUT2D eigenvalue weighted by molar-refractivity contribution is 5.95. The quantitative estimate of drug-likeness (QED) is 0.111. The summed E-state index contributed by atoms with van der Waals surface area (Å²) in [7, 11) is 0. The summed E-state index contributed by atoms with van der Waals surface area (Å²) in [6.07, 6.45) is 17.2. The first-order valence-electron chi connectivity index (χ1n) is 17.5. The van der Waals surface area contributed by atoms with E-state index in [0.717, 1.165) is 56.1 Å². The van der Waals surface area contributed by atoms with E-state index in [1.54, 1.807) is 18.4 Å². The molecule has 0 saturated carbocycles. The Morgan fingerprint density at radius 3 is 2.46 bits per heavy atom. The Labute approximate surface area is 294 Å². The molecule has 0 spiro atoms. The lowest BCUT2D eigenvalue weighted by Crippen LogP contribution is -2.30. The summed E-state index contributed by atoms with van der Waals surface area (Å²) in [5.41, 5.74) is 4.35. The molecule has 2 aliphatic rings. The number of allylic oxidation sites excluding steroid dienone is 4. The Hall–Kier alpha value is -4.99. The Morgan fingerprint density at radius 2 is 1.70 bits per heavy atom. The zero-order chi connectivity index (χ0) is 35.7. The van der Waals surface area contributed by atoms with E-state index in [1.165, 1.54) is 11.8 Å². The van der Waals surface area contributed by atoms with Crippen LogP contribution in [0.3, 0.4) is 0 Å². The fourth-order valence-corrected chi connectivity index (χ4v) is 5.75. The second-order valence-corrected chi connectivity index (χ2v) is 12.8. The monoisotopic (exact) mass is 687 g/mol. The fraction of sp³-hybridized carbons (Fsp3) is 0.425. The van der Waals surface area contributed by atoms with Gasteiger partial charge in [0, 0.05) is 36.4 Å². The van der Waals surface area contributed by atoms with Crippen molar-refractivity contribution in [2.24, 2.45) is 0 Å². The van der Waals surface area contributed by atoms with E-state index in [9.17, 15) is 19.5 Å². The van der Waals surface area contributed by atoms with Crippen LogP contribution in [0.4, 0.5) is 0 Å². The molecule has 0 atom stereocenters. The molecular weight excluding hydrogens is 638 g/mol. The molecule has 50 heavy (non-hydrogen) atoms. The van der Waals surface area contributed by atoms with Crippen LogP contribution in [0.2, 0.25) is 0 Å². The van der Waals surface area contributed by atoms with Gasteiger partial charge in [0.05, 0.1) is 13.2 Å². The van der Waals surface area contributed by atoms with Crippen molar-refractivity contribution in [3.8, 4) is 11.5 Å². The molecule has 0 saturated heterocycles. The fourth-order valence-electron chi connectivity index (χ4n) is 5.75. The first-order chi connectivity index (χ1) is 24.2. The highest BCUT2D eigenvalue weighted by Crippen LogP contribution is 2.32. The van der Waals surface area contributed by atoms with Crippen LogP contribution in [-0.2, 0) is 31.9 Å². The number of rotatable bonds is 21. The van der Waals surface area contributed by atoms with Gasteiger partial charge < -0.3 is 34.5 Å². The number of unbranched alkanes of at least 4 members (excludes halogenated alkanes) is 3. The van der Waals surface area contributed by atoms with Gasteiger partial charge in [-0.2, -0.15) is 0 Å². The lowest BCUT2D eigenvalue weighted by Gasteiger charge is -2.20. The molecule has 1 aliphatic heterocycles. The van der Waals surface area contributed by atoms with Gasteiger partial charge in [-0.05, 0) is 94.2 Å². The zero-order valence-electron chi connectivity index (χ0n) is 29.1.